The number of aromatic nitrogens is 4. The van der Waals surface area contributed by atoms with Crippen LogP contribution in [0.1, 0.15) is 76.3 Å². The topological polar surface area (TPSA) is 173 Å². The largest absolute Gasteiger partial charge is 0.488 e. The Morgan fingerprint density at radius 1 is 1.00 bits per heavy atom. The molecule has 3 amide bonds. The number of hydrogen-bond donors (Lipinski definition) is 3. The lowest BCUT2D eigenvalue weighted by molar-refractivity contribution is -0.137. The highest BCUT2D eigenvalue weighted by Gasteiger charge is 2.42. The Balaban J connectivity index is 1.06. The number of aromatic amines is 2. The molecule has 8 rings (SSSR count). The summed E-state index contributed by atoms with van der Waals surface area (Å²) in [7, 11) is 4.41. The molecule has 3 aliphatic heterocycles. The van der Waals surface area contributed by atoms with Crippen LogP contribution in [0.4, 0.5) is 9.59 Å². The predicted molar refractivity (Wildman–Crippen MR) is 216 cm³/mol. The zero-order chi connectivity index (χ0) is 40.9. The molecule has 3 aromatic carbocycles. The number of rotatable bonds is 9. The third-order valence-electron chi connectivity index (χ3n) is 11.4. The van der Waals surface area contributed by atoms with Crippen LogP contribution in [0.2, 0.25) is 0 Å². The highest BCUT2D eigenvalue weighted by Crippen LogP contribution is 2.44. The molecule has 306 valence electrons. The number of carbonyl (C=O) groups is 3. The SMILES string of the molecule is COC[C@H]1C[C@@H](c2nc3ccc4cc5c(cc4c3[nH]2)OCc2cc(-c3cnc([C@@H]4CCCN4C(=O)OC(C)(C)C)[nH]3)ccc2-5)N(C(=O)[C@@H](NC(=O)OC)[C@@H](C)OC)C1. The first kappa shape index (κ1) is 39.2. The standard InChI is InChI=1S/C43H51N7O8/c1-23(55-6)36(48-41(52)56-7)40(51)50-20-24(21-54-5)15-34(50)39-45-31-13-11-25-17-30-28-12-10-26(16-27(28)22-57-35(30)18-29(25)37(31)47-39)32-19-44-38(46-32)33-9-8-14-49(33)42(53)58-43(2,3)4/h10-13,16-19,23-24,33-34,36H,8-9,14-15,20-22H2,1-7H3,(H,44,46)(H,45,47)(H,48,52)/t23-,24+,33+,34+,36+/m1/s1. The number of ether oxygens (including phenoxy) is 5. The smallest absolute Gasteiger partial charge is 0.410 e. The third-order valence-corrected chi connectivity index (χ3v) is 11.4. The van der Waals surface area contributed by atoms with Crippen molar-refractivity contribution in [3.63, 3.8) is 0 Å². The van der Waals surface area contributed by atoms with E-state index in [-0.39, 0.29) is 30.0 Å². The molecule has 15 heteroatoms. The highest BCUT2D eigenvalue weighted by atomic mass is 16.6. The summed E-state index contributed by atoms with van der Waals surface area (Å²) in [6.07, 6.45) is 2.53. The lowest BCUT2D eigenvalue weighted by Gasteiger charge is -2.30. The van der Waals surface area contributed by atoms with Gasteiger partial charge in [-0.25, -0.2) is 19.6 Å². The summed E-state index contributed by atoms with van der Waals surface area (Å²) < 4.78 is 27.9. The van der Waals surface area contributed by atoms with Crippen LogP contribution in [0.5, 0.6) is 5.75 Å². The zero-order valence-corrected chi connectivity index (χ0v) is 34.0. The van der Waals surface area contributed by atoms with Gasteiger partial charge in [0.1, 0.15) is 35.6 Å². The highest BCUT2D eigenvalue weighted by molar-refractivity contribution is 6.07. The summed E-state index contributed by atoms with van der Waals surface area (Å²) in [6.45, 7) is 9.29. The summed E-state index contributed by atoms with van der Waals surface area (Å²) in [5.74, 6) is 1.95. The number of amides is 3. The van der Waals surface area contributed by atoms with E-state index in [4.69, 9.17) is 33.7 Å². The minimum Gasteiger partial charge on any atom is -0.488 e. The van der Waals surface area contributed by atoms with E-state index in [0.717, 1.165) is 74.2 Å². The number of benzene rings is 3. The number of alkyl carbamates (subject to hydrolysis) is 1. The molecule has 0 spiro atoms. The second-order valence-corrected chi connectivity index (χ2v) is 16.4. The normalized spacial score (nSPS) is 20.1. The fourth-order valence-electron chi connectivity index (χ4n) is 8.54. The number of carbonyl (C=O) groups excluding carboxylic acids is 3. The molecule has 3 N–H and O–H groups in total. The van der Waals surface area contributed by atoms with Gasteiger partial charge in [0, 0.05) is 44.2 Å². The molecular formula is C43H51N7O8. The first-order valence-corrected chi connectivity index (χ1v) is 19.8. The van der Waals surface area contributed by atoms with Crippen LogP contribution in [-0.2, 0) is 30.3 Å². The van der Waals surface area contributed by atoms with E-state index in [2.05, 4.69) is 51.7 Å². The lowest BCUT2D eigenvalue weighted by atomic mass is 9.92. The van der Waals surface area contributed by atoms with Gasteiger partial charge in [0.25, 0.3) is 0 Å². The van der Waals surface area contributed by atoms with Crippen molar-refractivity contribution >= 4 is 39.9 Å². The Morgan fingerprint density at radius 2 is 1.83 bits per heavy atom. The van der Waals surface area contributed by atoms with E-state index in [1.54, 1.807) is 23.8 Å². The lowest BCUT2D eigenvalue weighted by Crippen LogP contribution is -2.54. The fourth-order valence-corrected chi connectivity index (χ4v) is 8.54. The van der Waals surface area contributed by atoms with Crippen molar-refractivity contribution in [1.82, 2.24) is 35.1 Å². The van der Waals surface area contributed by atoms with Gasteiger partial charge >= 0.3 is 12.2 Å². The number of nitrogens with zero attached hydrogens (tertiary/aromatic N) is 4. The molecule has 3 aliphatic rings. The molecule has 0 radical (unpaired) electrons. The van der Waals surface area contributed by atoms with Crippen LogP contribution in [-0.4, -0.2) is 107 Å². The van der Waals surface area contributed by atoms with Crippen molar-refractivity contribution in [1.29, 1.82) is 0 Å². The van der Waals surface area contributed by atoms with Crippen LogP contribution in [0.3, 0.4) is 0 Å². The Morgan fingerprint density at radius 3 is 2.59 bits per heavy atom. The average molecular weight is 794 g/mol. The van der Waals surface area contributed by atoms with Gasteiger partial charge in [0.15, 0.2) is 0 Å². The molecule has 0 aliphatic carbocycles. The summed E-state index contributed by atoms with van der Waals surface area (Å²) in [6, 6.07) is 13.1. The van der Waals surface area contributed by atoms with Gasteiger partial charge in [-0.15, -0.1) is 0 Å². The second kappa shape index (κ2) is 15.6. The summed E-state index contributed by atoms with van der Waals surface area (Å²) in [5, 5.41) is 4.63. The zero-order valence-electron chi connectivity index (χ0n) is 34.0. The van der Waals surface area contributed by atoms with Crippen molar-refractivity contribution in [2.45, 2.75) is 83.4 Å². The maximum absolute atomic E-state index is 14.1. The first-order chi connectivity index (χ1) is 27.8. The van der Waals surface area contributed by atoms with E-state index in [1.807, 2.05) is 33.0 Å². The van der Waals surface area contributed by atoms with E-state index in [9.17, 15) is 14.4 Å². The van der Waals surface area contributed by atoms with Crippen LogP contribution < -0.4 is 10.1 Å². The summed E-state index contributed by atoms with van der Waals surface area (Å²) in [5.41, 5.74) is 6.04. The van der Waals surface area contributed by atoms with E-state index in [1.165, 1.54) is 14.2 Å². The monoisotopic (exact) mass is 793 g/mol. The molecule has 2 saturated heterocycles. The maximum Gasteiger partial charge on any atom is 0.410 e. The molecule has 5 heterocycles. The minimum absolute atomic E-state index is 0.0682. The van der Waals surface area contributed by atoms with Gasteiger partial charge in [-0.1, -0.05) is 18.2 Å². The molecule has 0 saturated carbocycles. The van der Waals surface area contributed by atoms with Crippen LogP contribution in [0.25, 0.3) is 44.2 Å². The van der Waals surface area contributed by atoms with Gasteiger partial charge in [-0.05, 0) is 93.3 Å². The summed E-state index contributed by atoms with van der Waals surface area (Å²) >= 11 is 0. The minimum atomic E-state index is -0.959. The van der Waals surface area contributed by atoms with Gasteiger partial charge in [-0.3, -0.25) is 9.69 Å². The van der Waals surface area contributed by atoms with Crippen LogP contribution >= 0.6 is 0 Å². The average Bonchev–Trinajstić information content (AvgIpc) is 4.04. The van der Waals surface area contributed by atoms with Gasteiger partial charge < -0.3 is 43.9 Å². The molecule has 2 aromatic heterocycles. The van der Waals surface area contributed by atoms with Crippen LogP contribution in [0, 0.1) is 5.92 Å². The number of fused-ring (bicyclic) bond motifs is 6. The number of imidazole rings is 2. The van der Waals surface area contributed by atoms with Crippen molar-refractivity contribution in [3.05, 3.63) is 65.9 Å². The molecule has 2 fully saturated rings. The predicted octanol–water partition coefficient (Wildman–Crippen LogP) is 7.03. The molecule has 58 heavy (non-hydrogen) atoms. The Labute approximate surface area is 336 Å². The van der Waals surface area contributed by atoms with Crippen molar-refractivity contribution in [2.24, 2.45) is 5.92 Å². The van der Waals surface area contributed by atoms with Crippen LogP contribution in [0.15, 0.2) is 48.7 Å². The molecule has 15 nitrogen and oxygen atoms in total. The number of H-pyrrole nitrogens is 2. The second-order valence-electron chi connectivity index (χ2n) is 16.4. The number of likely N-dealkylation sites (tertiary alicyclic amines) is 2. The van der Waals surface area contributed by atoms with Crippen molar-refractivity contribution in [2.75, 3.05) is 41.0 Å². The Bertz CT molecular complexity index is 2370. The number of methoxy groups -OCH3 is 3. The maximum atomic E-state index is 14.1. The van der Waals surface area contributed by atoms with Crippen molar-refractivity contribution in [3.8, 4) is 28.1 Å². The quantitative estimate of drug-likeness (QED) is 0.141. The Hall–Kier alpha value is -5.67. The number of nitrogens with one attached hydrogen (secondary N) is 3. The number of hydrogen-bond acceptors (Lipinski definition) is 10. The third kappa shape index (κ3) is 7.44. The van der Waals surface area contributed by atoms with Gasteiger partial charge in [0.2, 0.25) is 5.91 Å². The van der Waals surface area contributed by atoms with E-state index < -0.39 is 23.8 Å². The Kier molecular flexibility index (Phi) is 10.5. The fraction of sp³-hybridized carbons (Fsp3) is 0.465. The van der Waals surface area contributed by atoms with Crippen molar-refractivity contribution < 1.29 is 38.1 Å². The van der Waals surface area contributed by atoms with E-state index >= 15 is 0 Å². The molecule has 0 bridgehead atoms. The first-order valence-electron chi connectivity index (χ1n) is 19.8. The summed E-state index contributed by atoms with van der Waals surface area (Å²) in [4.78, 5) is 59.6. The van der Waals surface area contributed by atoms with E-state index in [0.29, 0.717) is 38.5 Å². The molecule has 5 atom stereocenters. The van der Waals surface area contributed by atoms with Gasteiger partial charge in [-0.2, -0.15) is 0 Å². The molecule has 5 aromatic rings. The molecule has 0 unspecified atom stereocenters. The van der Waals surface area contributed by atoms with Gasteiger partial charge in [0.05, 0.1) is 54.8 Å². The molecular weight excluding hydrogens is 743 g/mol.